The van der Waals surface area contributed by atoms with Crippen molar-refractivity contribution in [1.29, 1.82) is 0 Å². The van der Waals surface area contributed by atoms with Gasteiger partial charge in [0.1, 0.15) is 5.76 Å². The number of anilines is 1. The number of aromatic nitrogens is 1. The van der Waals surface area contributed by atoms with Crippen LogP contribution in [0, 0.1) is 13.8 Å². The van der Waals surface area contributed by atoms with E-state index in [-0.39, 0.29) is 22.8 Å². The van der Waals surface area contributed by atoms with Gasteiger partial charge in [-0.15, -0.1) is 11.3 Å². The molecule has 0 aliphatic carbocycles. The average molecular weight is 515 g/mol. The molecule has 2 heterocycles. The molecular weight excluding hydrogens is 496 g/mol. The Morgan fingerprint density at radius 1 is 1.22 bits per heavy atom. The number of Topliss-reactive ketones (excluding diaryl/α,β-unsaturated/α-hetero) is 1. The number of ketones is 1. The summed E-state index contributed by atoms with van der Waals surface area (Å²) in [6.45, 7) is 3.70. The molecule has 0 unspecified atom stereocenters. The number of phenolic OH excluding ortho intramolecular Hbond substituents is 1. The van der Waals surface area contributed by atoms with Crippen LogP contribution in [0.3, 0.4) is 0 Å². The molecule has 1 aromatic heterocycles. The number of halogens is 1. The third-order valence-corrected chi connectivity index (χ3v) is 6.68. The van der Waals surface area contributed by atoms with Crippen LogP contribution in [0.25, 0.3) is 5.76 Å². The van der Waals surface area contributed by atoms with Crippen molar-refractivity contribution in [3.8, 4) is 11.5 Å². The standard InChI is InChI=1S/C23H19BrN2O5S/c1-11-4-5-12(2)14(8-11)19(27)17-18(13-9-15(24)20(28)16(10-13)31-3)26(22(30)21(17)29)23-25-6-7-32-23/h4-10,18,27-28H,1-3H3/t18-/m1/s1. The van der Waals surface area contributed by atoms with Crippen molar-refractivity contribution in [1.82, 2.24) is 4.98 Å². The zero-order valence-corrected chi connectivity index (χ0v) is 19.8. The molecular formula is C23H19BrN2O5S. The SMILES string of the molecule is COc1cc([C@@H]2C(=C(O)c3cc(C)ccc3C)C(=O)C(=O)N2c2nccs2)cc(Br)c1O. The van der Waals surface area contributed by atoms with Crippen LogP contribution < -0.4 is 9.64 Å². The van der Waals surface area contributed by atoms with Gasteiger partial charge >= 0.3 is 5.91 Å². The van der Waals surface area contributed by atoms with E-state index >= 15 is 0 Å². The summed E-state index contributed by atoms with van der Waals surface area (Å²) in [4.78, 5) is 31.8. The zero-order chi connectivity index (χ0) is 23.2. The molecule has 1 aliphatic heterocycles. The second-order valence-corrected chi connectivity index (χ2v) is 9.08. The van der Waals surface area contributed by atoms with Crippen molar-refractivity contribution in [2.75, 3.05) is 12.0 Å². The Labute approximate surface area is 196 Å². The van der Waals surface area contributed by atoms with Crippen molar-refractivity contribution < 1.29 is 24.5 Å². The molecule has 1 aliphatic rings. The van der Waals surface area contributed by atoms with E-state index in [2.05, 4.69) is 20.9 Å². The number of carbonyl (C=O) groups is 2. The Kier molecular flexibility index (Phi) is 5.79. The number of thiazole rings is 1. The number of aliphatic hydroxyl groups excluding tert-OH is 1. The van der Waals surface area contributed by atoms with Gasteiger partial charge in [0.15, 0.2) is 16.6 Å². The number of carbonyl (C=O) groups excluding carboxylic acids is 2. The van der Waals surface area contributed by atoms with Gasteiger partial charge < -0.3 is 14.9 Å². The Bertz CT molecular complexity index is 1270. The molecule has 0 saturated carbocycles. The molecule has 9 heteroatoms. The van der Waals surface area contributed by atoms with Gasteiger partial charge in [-0.25, -0.2) is 4.98 Å². The monoisotopic (exact) mass is 514 g/mol. The van der Waals surface area contributed by atoms with Gasteiger partial charge in [0.2, 0.25) is 0 Å². The highest BCUT2D eigenvalue weighted by molar-refractivity contribution is 9.10. The fraction of sp³-hybridized carbons (Fsp3) is 0.174. The summed E-state index contributed by atoms with van der Waals surface area (Å²) in [5.41, 5.74) is 2.54. The number of amides is 1. The number of rotatable bonds is 4. The Hall–Kier alpha value is -3.17. The van der Waals surface area contributed by atoms with Crippen molar-refractivity contribution in [3.63, 3.8) is 0 Å². The largest absolute Gasteiger partial charge is 0.507 e. The number of hydrogen-bond acceptors (Lipinski definition) is 7. The summed E-state index contributed by atoms with van der Waals surface area (Å²) in [7, 11) is 1.40. The molecule has 164 valence electrons. The van der Waals surface area contributed by atoms with Gasteiger partial charge in [0.05, 0.1) is 23.2 Å². The van der Waals surface area contributed by atoms with Gasteiger partial charge in [-0.3, -0.25) is 14.5 Å². The maximum atomic E-state index is 13.2. The number of aromatic hydroxyl groups is 1. The molecule has 3 aromatic rings. The molecule has 1 fully saturated rings. The predicted octanol–water partition coefficient (Wildman–Crippen LogP) is 4.86. The van der Waals surface area contributed by atoms with Crippen LogP contribution in [0.4, 0.5) is 5.13 Å². The van der Waals surface area contributed by atoms with E-state index < -0.39 is 17.7 Å². The molecule has 1 atom stereocenters. The average Bonchev–Trinajstić information content (AvgIpc) is 3.38. The summed E-state index contributed by atoms with van der Waals surface area (Å²) in [6, 6.07) is 7.67. The smallest absolute Gasteiger partial charge is 0.301 e. The molecule has 0 bridgehead atoms. The number of nitrogens with zero attached hydrogens (tertiary/aromatic N) is 2. The minimum absolute atomic E-state index is 0.0569. The summed E-state index contributed by atoms with van der Waals surface area (Å²) in [6.07, 6.45) is 1.54. The number of hydrogen-bond donors (Lipinski definition) is 2. The fourth-order valence-electron chi connectivity index (χ4n) is 3.72. The molecule has 1 amide bonds. The lowest BCUT2D eigenvalue weighted by Crippen LogP contribution is -2.29. The van der Waals surface area contributed by atoms with Crippen molar-refractivity contribution in [3.05, 3.63) is 74.2 Å². The van der Waals surface area contributed by atoms with E-state index in [0.717, 1.165) is 11.1 Å². The molecule has 0 spiro atoms. The first kappa shape index (κ1) is 22.0. The molecule has 0 radical (unpaired) electrons. The molecule has 1 saturated heterocycles. The minimum Gasteiger partial charge on any atom is -0.507 e. The third kappa shape index (κ3) is 3.57. The van der Waals surface area contributed by atoms with Crippen LogP contribution in [0.1, 0.15) is 28.3 Å². The highest BCUT2D eigenvalue weighted by Gasteiger charge is 2.48. The molecule has 2 aromatic carbocycles. The zero-order valence-electron chi connectivity index (χ0n) is 17.4. The van der Waals surface area contributed by atoms with Gasteiger partial charge in [0, 0.05) is 17.1 Å². The minimum atomic E-state index is -0.966. The third-order valence-electron chi connectivity index (χ3n) is 5.30. The lowest BCUT2D eigenvalue weighted by atomic mass is 9.93. The second kappa shape index (κ2) is 8.40. The van der Waals surface area contributed by atoms with Crippen LogP contribution in [0.15, 0.2) is 52.0 Å². The molecule has 2 N–H and O–H groups in total. The number of ether oxygens (including phenoxy) is 1. The van der Waals surface area contributed by atoms with Crippen molar-refractivity contribution in [2.24, 2.45) is 0 Å². The van der Waals surface area contributed by atoms with E-state index in [9.17, 15) is 19.8 Å². The lowest BCUT2D eigenvalue weighted by molar-refractivity contribution is -0.132. The quantitative estimate of drug-likeness (QED) is 0.293. The molecule has 4 rings (SSSR count). The highest BCUT2D eigenvalue weighted by atomic mass is 79.9. The number of aliphatic hydroxyl groups is 1. The first-order valence-corrected chi connectivity index (χ1v) is 11.3. The van der Waals surface area contributed by atoms with E-state index in [1.165, 1.54) is 35.6 Å². The van der Waals surface area contributed by atoms with Gasteiger partial charge in [-0.1, -0.05) is 17.7 Å². The topological polar surface area (TPSA) is 100.0 Å². The van der Waals surface area contributed by atoms with Gasteiger partial charge in [0.25, 0.3) is 5.78 Å². The highest BCUT2D eigenvalue weighted by Crippen LogP contribution is 2.46. The maximum Gasteiger partial charge on any atom is 0.301 e. The summed E-state index contributed by atoms with van der Waals surface area (Å²) in [5.74, 6) is -1.83. The van der Waals surface area contributed by atoms with Crippen LogP contribution in [0.5, 0.6) is 11.5 Å². The summed E-state index contributed by atoms with van der Waals surface area (Å²) >= 11 is 4.50. The lowest BCUT2D eigenvalue weighted by Gasteiger charge is -2.24. The van der Waals surface area contributed by atoms with E-state index in [1.807, 2.05) is 26.0 Å². The van der Waals surface area contributed by atoms with Crippen LogP contribution in [-0.4, -0.2) is 34.0 Å². The van der Waals surface area contributed by atoms with Crippen molar-refractivity contribution in [2.45, 2.75) is 19.9 Å². The van der Waals surface area contributed by atoms with Crippen LogP contribution >= 0.6 is 27.3 Å². The van der Waals surface area contributed by atoms with Crippen LogP contribution in [0.2, 0.25) is 0 Å². The van der Waals surface area contributed by atoms with E-state index in [1.54, 1.807) is 17.5 Å². The number of benzene rings is 2. The van der Waals surface area contributed by atoms with Gasteiger partial charge in [-0.2, -0.15) is 0 Å². The van der Waals surface area contributed by atoms with Gasteiger partial charge in [-0.05, 0) is 59.1 Å². The normalized spacial score (nSPS) is 17.8. The number of methoxy groups -OCH3 is 1. The summed E-state index contributed by atoms with van der Waals surface area (Å²) in [5, 5.41) is 23.5. The predicted molar refractivity (Wildman–Crippen MR) is 125 cm³/mol. The number of phenols is 1. The summed E-state index contributed by atoms with van der Waals surface area (Å²) < 4.78 is 5.58. The fourth-order valence-corrected chi connectivity index (χ4v) is 4.85. The second-order valence-electron chi connectivity index (χ2n) is 7.36. The van der Waals surface area contributed by atoms with Crippen LogP contribution in [-0.2, 0) is 9.59 Å². The number of aryl methyl sites for hydroxylation is 2. The molecule has 32 heavy (non-hydrogen) atoms. The van der Waals surface area contributed by atoms with E-state index in [4.69, 9.17) is 4.74 Å². The van der Waals surface area contributed by atoms with Crippen molar-refractivity contribution >= 4 is 49.8 Å². The maximum absolute atomic E-state index is 13.2. The Morgan fingerprint density at radius 3 is 2.62 bits per heavy atom. The Balaban J connectivity index is 2.02. The first-order valence-electron chi connectivity index (χ1n) is 9.59. The Morgan fingerprint density at radius 2 is 1.97 bits per heavy atom. The first-order chi connectivity index (χ1) is 15.2. The molecule has 7 nitrogen and oxygen atoms in total. The van der Waals surface area contributed by atoms with E-state index in [0.29, 0.717) is 20.7 Å².